The zero-order valence-electron chi connectivity index (χ0n) is 31.3. The molecule has 7 atom stereocenters. The van der Waals surface area contributed by atoms with E-state index < -0.39 is 78.4 Å². The summed E-state index contributed by atoms with van der Waals surface area (Å²) < 4.78 is 5.75. The fourth-order valence-electron chi connectivity index (χ4n) is 8.17. The second kappa shape index (κ2) is 16.9. The molecule has 0 spiro atoms. The molecule has 3 N–H and O–H groups in total. The minimum absolute atomic E-state index is 0.0311. The highest BCUT2D eigenvalue weighted by molar-refractivity contribution is 6.09. The Balaban J connectivity index is 1.29. The minimum atomic E-state index is -1.41. The predicted molar refractivity (Wildman–Crippen MR) is 197 cm³/mol. The molecule has 1 aromatic carbocycles. The Morgan fingerprint density at radius 2 is 1.63 bits per heavy atom. The van der Waals surface area contributed by atoms with E-state index in [1.54, 1.807) is 6.92 Å². The average Bonchev–Trinajstić information content (AvgIpc) is 3.91. The van der Waals surface area contributed by atoms with Crippen LogP contribution in [-0.2, 0) is 44.7 Å². The van der Waals surface area contributed by atoms with Crippen molar-refractivity contribution in [2.45, 2.75) is 108 Å². The van der Waals surface area contributed by atoms with Gasteiger partial charge in [-0.1, -0.05) is 42.8 Å². The van der Waals surface area contributed by atoms with Crippen LogP contribution in [0, 0.1) is 5.92 Å². The van der Waals surface area contributed by atoms with Gasteiger partial charge >= 0.3 is 5.97 Å². The molecule has 15 nitrogen and oxygen atoms in total. The zero-order chi connectivity index (χ0) is 38.5. The van der Waals surface area contributed by atoms with Gasteiger partial charge in [-0.05, 0) is 69.9 Å². The lowest BCUT2D eigenvalue weighted by Crippen LogP contribution is -2.62. The maximum absolute atomic E-state index is 14.5. The Hall–Kier alpha value is -5.08. The first-order chi connectivity index (χ1) is 25.9. The Morgan fingerprint density at radius 3 is 2.37 bits per heavy atom. The number of rotatable bonds is 7. The summed E-state index contributed by atoms with van der Waals surface area (Å²) in [6.45, 7) is 6.16. The third-order valence-electron chi connectivity index (χ3n) is 10.9. The molecule has 0 unspecified atom stereocenters. The van der Waals surface area contributed by atoms with Gasteiger partial charge in [0.05, 0.1) is 13.0 Å². The van der Waals surface area contributed by atoms with Crippen molar-refractivity contribution in [2.24, 2.45) is 10.9 Å². The van der Waals surface area contributed by atoms with Crippen LogP contribution in [-0.4, -0.2) is 131 Å². The summed E-state index contributed by atoms with van der Waals surface area (Å²) in [5, 5.41) is 8.36. The van der Waals surface area contributed by atoms with Gasteiger partial charge in [0.1, 0.15) is 42.9 Å². The van der Waals surface area contributed by atoms with Crippen molar-refractivity contribution in [3.05, 3.63) is 47.5 Å². The fraction of sp³-hybridized carbons (Fsp3) is 0.590. The summed E-state index contributed by atoms with van der Waals surface area (Å²) >= 11 is 0. The van der Waals surface area contributed by atoms with Crippen molar-refractivity contribution in [1.29, 1.82) is 0 Å². The van der Waals surface area contributed by atoms with Crippen molar-refractivity contribution in [2.75, 3.05) is 32.8 Å². The van der Waals surface area contributed by atoms with Crippen LogP contribution < -0.4 is 16.0 Å². The van der Waals surface area contributed by atoms with E-state index in [2.05, 4.69) is 20.9 Å². The monoisotopic (exact) mass is 745 g/mol. The molecule has 0 aromatic heterocycles. The number of cyclic esters (lactones) is 1. The number of ether oxygens (including phenoxy) is 1. The second-order valence-electron chi connectivity index (χ2n) is 15.3. The number of aliphatic imine (C=N–C) groups is 1. The van der Waals surface area contributed by atoms with Gasteiger partial charge in [0.25, 0.3) is 0 Å². The van der Waals surface area contributed by atoms with Crippen LogP contribution in [0.4, 0.5) is 0 Å². The summed E-state index contributed by atoms with van der Waals surface area (Å²) in [7, 11) is 0. The first-order valence-corrected chi connectivity index (χ1v) is 19.1. The van der Waals surface area contributed by atoms with Crippen molar-refractivity contribution >= 4 is 47.1 Å². The van der Waals surface area contributed by atoms with E-state index in [4.69, 9.17) is 4.74 Å². The Kier molecular flexibility index (Phi) is 12.1. The van der Waals surface area contributed by atoms with Crippen molar-refractivity contribution in [3.63, 3.8) is 0 Å². The van der Waals surface area contributed by atoms with Crippen LogP contribution in [0.25, 0.3) is 0 Å². The lowest BCUT2D eigenvalue weighted by Gasteiger charge is -2.39. The summed E-state index contributed by atoms with van der Waals surface area (Å²) in [5.41, 5.74) is 2.39. The van der Waals surface area contributed by atoms with Crippen LogP contribution in [0.1, 0.15) is 71.3 Å². The molecular weight excluding hydrogens is 694 g/mol. The quantitative estimate of drug-likeness (QED) is 0.340. The number of allylic oxidation sites excluding steroid dienone is 1. The van der Waals surface area contributed by atoms with E-state index in [1.165, 1.54) is 14.7 Å². The number of hydrogen-bond acceptors (Lipinski definition) is 9. The molecular formula is C39H51N7O8. The molecule has 4 saturated heterocycles. The van der Waals surface area contributed by atoms with Crippen LogP contribution in [0.15, 0.2) is 47.0 Å². The molecule has 54 heavy (non-hydrogen) atoms. The van der Waals surface area contributed by atoms with E-state index in [0.29, 0.717) is 57.3 Å². The average molecular weight is 746 g/mol. The third kappa shape index (κ3) is 8.82. The number of hydrogen-bond donors (Lipinski definition) is 3. The van der Waals surface area contributed by atoms with Gasteiger partial charge in [0, 0.05) is 31.8 Å². The second-order valence-corrected chi connectivity index (χ2v) is 15.3. The Morgan fingerprint density at radius 1 is 0.907 bits per heavy atom. The van der Waals surface area contributed by atoms with Crippen molar-refractivity contribution in [1.82, 2.24) is 30.7 Å². The number of amides is 6. The number of carbonyl (C=O) groups is 7. The van der Waals surface area contributed by atoms with Gasteiger partial charge in [0.2, 0.25) is 35.4 Å². The van der Waals surface area contributed by atoms with Crippen LogP contribution >= 0.6 is 0 Å². The number of esters is 1. The Labute approximate surface area is 315 Å². The topological polar surface area (TPSA) is 187 Å². The molecule has 0 bridgehead atoms. The van der Waals surface area contributed by atoms with Gasteiger partial charge in [0.15, 0.2) is 0 Å². The maximum Gasteiger partial charge on any atom is 0.328 e. The number of nitrogens with zero attached hydrogens (tertiary/aromatic N) is 4. The molecule has 290 valence electrons. The number of nitrogens with one attached hydrogen (secondary N) is 3. The van der Waals surface area contributed by atoms with Gasteiger partial charge in [-0.25, -0.2) is 4.79 Å². The van der Waals surface area contributed by atoms with Crippen molar-refractivity contribution in [3.8, 4) is 0 Å². The molecule has 0 saturated carbocycles. The molecule has 5 aliphatic heterocycles. The minimum Gasteiger partial charge on any atom is -0.461 e. The SMILES string of the molecule is CC1=CC(CC(=O)N[C@@H](Cc2ccccc2)C(=O)N[C@H]2COC(=O)[C@@H]3C[C@@H](C)CN3C(=O)[C@H](C)NC(=O)[C@@H]3CCCCN3C(=O)[C@@H]3CCCN3C2=O)=NC1. The summed E-state index contributed by atoms with van der Waals surface area (Å²) in [5.74, 6) is -3.79. The standard InChI is InChI=1S/C39H51N7O8/c1-23-16-27(40-20-23)19-33(47)42-28(18-26-10-5-4-6-11-26)34(48)43-29-22-54-39(53)32-17-24(2)21-46(32)36(50)25(3)41-35(49)30-12-7-8-14-44(30)38(52)31-13-9-15-45(31)37(29)51/h4-6,10-11,16,24-25,28-32H,7-9,12-15,17-22H2,1-3H3,(H,41,49)(H,42,47)(H,43,48)/t24-,25+,28+,29+,30+,31+,32+/m1/s1. The number of fused-ring (bicyclic) bond motifs is 3. The van der Waals surface area contributed by atoms with Gasteiger partial charge in [-0.3, -0.25) is 33.8 Å². The molecule has 6 rings (SSSR count). The molecule has 1 aromatic rings. The van der Waals surface area contributed by atoms with Crippen LogP contribution in [0.2, 0.25) is 0 Å². The predicted octanol–water partition coefficient (Wildman–Crippen LogP) is 0.660. The summed E-state index contributed by atoms with van der Waals surface area (Å²) in [6.07, 6.45) is 4.91. The molecule has 0 radical (unpaired) electrons. The first-order valence-electron chi connectivity index (χ1n) is 19.1. The van der Waals surface area contributed by atoms with Crippen LogP contribution in [0.3, 0.4) is 0 Å². The molecule has 6 amide bonds. The highest BCUT2D eigenvalue weighted by Crippen LogP contribution is 2.28. The fourth-order valence-corrected chi connectivity index (χ4v) is 8.17. The lowest BCUT2D eigenvalue weighted by atomic mass is 9.99. The van der Waals surface area contributed by atoms with E-state index in [0.717, 1.165) is 11.1 Å². The number of benzene rings is 1. The largest absolute Gasteiger partial charge is 0.461 e. The normalized spacial score (nSPS) is 28.6. The van der Waals surface area contributed by atoms with E-state index in [9.17, 15) is 33.6 Å². The van der Waals surface area contributed by atoms with Crippen LogP contribution in [0.5, 0.6) is 0 Å². The van der Waals surface area contributed by atoms with Gasteiger partial charge in [-0.2, -0.15) is 0 Å². The van der Waals surface area contributed by atoms with E-state index in [-0.39, 0.29) is 37.8 Å². The van der Waals surface area contributed by atoms with E-state index >= 15 is 0 Å². The number of piperidine rings is 1. The molecule has 0 aliphatic carbocycles. The highest BCUT2D eigenvalue weighted by Gasteiger charge is 2.46. The van der Waals surface area contributed by atoms with Gasteiger partial charge in [-0.15, -0.1) is 0 Å². The zero-order valence-corrected chi connectivity index (χ0v) is 31.3. The third-order valence-corrected chi connectivity index (χ3v) is 10.9. The summed E-state index contributed by atoms with van der Waals surface area (Å²) in [4.78, 5) is 106. The van der Waals surface area contributed by atoms with Crippen molar-refractivity contribution < 1.29 is 38.3 Å². The molecule has 15 heteroatoms. The summed E-state index contributed by atoms with van der Waals surface area (Å²) in [6, 6.07) is 2.96. The molecule has 5 aliphatic rings. The lowest BCUT2D eigenvalue weighted by molar-refractivity contribution is -0.158. The maximum atomic E-state index is 14.5. The highest BCUT2D eigenvalue weighted by atomic mass is 16.5. The van der Waals surface area contributed by atoms with E-state index in [1.807, 2.05) is 50.3 Å². The van der Waals surface area contributed by atoms with Gasteiger partial charge < -0.3 is 35.4 Å². The number of carbonyl (C=O) groups excluding carboxylic acids is 7. The smallest absolute Gasteiger partial charge is 0.328 e. The molecule has 5 heterocycles. The first kappa shape index (κ1) is 38.6. The molecule has 4 fully saturated rings. The Bertz CT molecular complexity index is 1710.